The van der Waals surface area contributed by atoms with Crippen LogP contribution in [-0.4, -0.2) is 62.2 Å². The van der Waals surface area contributed by atoms with Gasteiger partial charge in [-0.25, -0.2) is 0 Å². The molecule has 4 nitrogen and oxygen atoms in total. The second-order valence-corrected chi connectivity index (χ2v) is 8.25. The van der Waals surface area contributed by atoms with E-state index in [-0.39, 0.29) is 0 Å². The first-order valence-electron chi connectivity index (χ1n) is 10.7. The van der Waals surface area contributed by atoms with Crippen LogP contribution in [0.3, 0.4) is 0 Å². The Bertz CT molecular complexity index is 913. The monoisotopic (exact) mass is 387 g/mol. The molecular formula is C25H29N3O. The zero-order chi connectivity index (χ0) is 19.6. The molecule has 0 radical (unpaired) electrons. The van der Waals surface area contributed by atoms with Crippen LogP contribution in [0.4, 0.5) is 5.69 Å². The van der Waals surface area contributed by atoms with Crippen LogP contribution < -0.4 is 9.64 Å². The average Bonchev–Trinajstić information content (AvgIpc) is 2.80. The van der Waals surface area contributed by atoms with Crippen molar-refractivity contribution in [3.63, 3.8) is 0 Å². The Morgan fingerprint density at radius 1 is 0.931 bits per heavy atom. The van der Waals surface area contributed by atoms with Crippen molar-refractivity contribution in [3.05, 3.63) is 78.0 Å². The highest BCUT2D eigenvalue weighted by Gasteiger charge is 2.28. The second kappa shape index (κ2) is 7.96. The molecule has 0 bridgehead atoms. The molecule has 0 unspecified atom stereocenters. The number of nitrogens with zero attached hydrogens (tertiary/aromatic N) is 3. The van der Waals surface area contributed by atoms with E-state index < -0.39 is 0 Å². The minimum absolute atomic E-state index is 0.376. The van der Waals surface area contributed by atoms with Crippen LogP contribution in [0.25, 0.3) is 5.57 Å². The number of rotatable bonds is 3. The number of piperazine rings is 1. The van der Waals surface area contributed by atoms with Crippen molar-refractivity contribution in [2.24, 2.45) is 0 Å². The molecule has 29 heavy (non-hydrogen) atoms. The van der Waals surface area contributed by atoms with Crippen LogP contribution in [0.15, 0.2) is 66.9 Å². The summed E-state index contributed by atoms with van der Waals surface area (Å²) in [6, 6.07) is 17.5. The maximum absolute atomic E-state index is 6.22. The second-order valence-electron chi connectivity index (χ2n) is 8.25. The molecule has 2 aromatic rings. The van der Waals surface area contributed by atoms with E-state index in [0.29, 0.717) is 6.04 Å². The van der Waals surface area contributed by atoms with E-state index in [1.54, 1.807) is 0 Å². The van der Waals surface area contributed by atoms with Crippen LogP contribution in [-0.2, 0) is 6.42 Å². The number of fused-ring (bicyclic) bond motifs is 1. The van der Waals surface area contributed by atoms with Crippen molar-refractivity contribution < 1.29 is 4.74 Å². The van der Waals surface area contributed by atoms with Gasteiger partial charge in [0.25, 0.3) is 0 Å². The van der Waals surface area contributed by atoms with E-state index in [1.165, 1.54) is 22.4 Å². The van der Waals surface area contributed by atoms with Crippen LogP contribution in [0.2, 0.25) is 0 Å². The predicted molar refractivity (Wildman–Crippen MR) is 119 cm³/mol. The van der Waals surface area contributed by atoms with Gasteiger partial charge in [-0.2, -0.15) is 0 Å². The molecule has 0 aliphatic carbocycles. The highest BCUT2D eigenvalue weighted by atomic mass is 16.5. The maximum atomic E-state index is 6.22. The van der Waals surface area contributed by atoms with Crippen molar-refractivity contribution in [2.75, 3.05) is 51.3 Å². The fourth-order valence-electron chi connectivity index (χ4n) is 4.56. The molecule has 0 amide bonds. The lowest BCUT2D eigenvalue weighted by atomic mass is 9.97. The van der Waals surface area contributed by atoms with Crippen LogP contribution in [0.1, 0.15) is 11.1 Å². The molecule has 5 rings (SSSR count). The van der Waals surface area contributed by atoms with Crippen molar-refractivity contribution >= 4 is 11.3 Å². The topological polar surface area (TPSA) is 19.0 Å². The number of hydrogen-bond acceptors (Lipinski definition) is 4. The fourth-order valence-corrected chi connectivity index (χ4v) is 4.56. The third-order valence-electron chi connectivity index (χ3n) is 6.37. The van der Waals surface area contributed by atoms with Crippen LogP contribution in [0, 0.1) is 0 Å². The molecule has 3 aliphatic rings. The summed E-state index contributed by atoms with van der Waals surface area (Å²) >= 11 is 0. The van der Waals surface area contributed by atoms with Gasteiger partial charge >= 0.3 is 0 Å². The van der Waals surface area contributed by atoms with Crippen molar-refractivity contribution in [1.29, 1.82) is 0 Å². The number of allylic oxidation sites excluding steroid dienone is 2. The van der Waals surface area contributed by atoms with Crippen molar-refractivity contribution in [1.82, 2.24) is 9.80 Å². The first-order valence-corrected chi connectivity index (χ1v) is 10.7. The largest absolute Gasteiger partial charge is 0.491 e. The van der Waals surface area contributed by atoms with Crippen molar-refractivity contribution in [3.8, 4) is 5.75 Å². The van der Waals surface area contributed by atoms with Gasteiger partial charge in [0.1, 0.15) is 12.4 Å². The molecule has 0 saturated carbocycles. The van der Waals surface area contributed by atoms with E-state index in [0.717, 1.165) is 51.5 Å². The van der Waals surface area contributed by atoms with Gasteiger partial charge in [0.05, 0.1) is 6.04 Å². The normalized spacial score (nSPS) is 22.1. The summed E-state index contributed by atoms with van der Waals surface area (Å²) in [7, 11) is 2.21. The number of likely N-dealkylation sites (N-methyl/N-ethyl adjacent to an activating group) is 1. The Morgan fingerprint density at radius 3 is 2.52 bits per heavy atom. The number of hydrogen-bond donors (Lipinski definition) is 0. The molecule has 0 spiro atoms. The van der Waals surface area contributed by atoms with E-state index in [9.17, 15) is 0 Å². The summed E-state index contributed by atoms with van der Waals surface area (Å²) in [5, 5.41) is 0. The van der Waals surface area contributed by atoms with Gasteiger partial charge in [-0.3, -0.25) is 0 Å². The lowest BCUT2D eigenvalue weighted by Crippen LogP contribution is -2.46. The molecule has 1 fully saturated rings. The zero-order valence-corrected chi connectivity index (χ0v) is 17.1. The lowest BCUT2D eigenvalue weighted by Gasteiger charge is -2.39. The summed E-state index contributed by atoms with van der Waals surface area (Å²) in [6.07, 6.45) is 7.86. The molecular weight excluding hydrogens is 358 g/mol. The molecule has 4 heteroatoms. The molecule has 2 aromatic carbocycles. The maximum Gasteiger partial charge on any atom is 0.124 e. The third-order valence-corrected chi connectivity index (χ3v) is 6.37. The number of benzene rings is 2. The molecule has 0 N–H and O–H groups in total. The van der Waals surface area contributed by atoms with Gasteiger partial charge in [-0.1, -0.05) is 42.5 Å². The minimum atomic E-state index is 0.376. The molecule has 0 aromatic heterocycles. The Morgan fingerprint density at radius 2 is 1.76 bits per heavy atom. The zero-order valence-electron chi connectivity index (χ0n) is 17.1. The highest BCUT2D eigenvalue weighted by molar-refractivity contribution is 5.74. The quantitative estimate of drug-likeness (QED) is 0.800. The number of anilines is 1. The summed E-state index contributed by atoms with van der Waals surface area (Å²) in [5.41, 5.74) is 5.32. The van der Waals surface area contributed by atoms with Crippen molar-refractivity contribution in [2.45, 2.75) is 12.5 Å². The van der Waals surface area contributed by atoms with Crippen LogP contribution >= 0.6 is 0 Å². The smallest absolute Gasteiger partial charge is 0.124 e. The van der Waals surface area contributed by atoms with Gasteiger partial charge in [-0.15, -0.1) is 0 Å². The van der Waals surface area contributed by atoms with Gasteiger partial charge in [-0.05, 0) is 36.4 Å². The van der Waals surface area contributed by atoms with Gasteiger partial charge in [0.2, 0.25) is 0 Å². The molecule has 150 valence electrons. The lowest BCUT2D eigenvalue weighted by molar-refractivity contribution is 0.168. The number of ether oxygens (including phenoxy) is 1. The Kier molecular flexibility index (Phi) is 5.03. The van der Waals surface area contributed by atoms with E-state index >= 15 is 0 Å². The average molecular weight is 388 g/mol. The van der Waals surface area contributed by atoms with E-state index in [2.05, 4.69) is 88.6 Å². The SMILES string of the molecule is CN1CCN(c2cccc3c2C[C@H](N2C=CC(c4ccccc4)=CC2)CO3)CC1. The third kappa shape index (κ3) is 3.77. The summed E-state index contributed by atoms with van der Waals surface area (Å²) < 4.78 is 6.22. The Balaban J connectivity index is 1.31. The Labute approximate surface area is 173 Å². The van der Waals surface area contributed by atoms with E-state index in [1.807, 2.05) is 0 Å². The molecule has 1 saturated heterocycles. The fraction of sp³-hybridized carbons (Fsp3) is 0.360. The summed E-state index contributed by atoms with van der Waals surface area (Å²) in [6.45, 7) is 6.10. The van der Waals surface area contributed by atoms with Gasteiger partial charge in [0, 0.05) is 56.6 Å². The molecule has 3 heterocycles. The predicted octanol–water partition coefficient (Wildman–Crippen LogP) is 3.65. The Hall–Kier alpha value is -2.72. The van der Waals surface area contributed by atoms with Gasteiger partial charge in [0.15, 0.2) is 0 Å². The molecule has 3 aliphatic heterocycles. The van der Waals surface area contributed by atoms with Crippen LogP contribution in [0.5, 0.6) is 5.75 Å². The first-order chi connectivity index (χ1) is 14.3. The minimum Gasteiger partial charge on any atom is -0.491 e. The summed E-state index contributed by atoms with van der Waals surface area (Å²) in [4.78, 5) is 7.36. The first kappa shape index (κ1) is 18.3. The standard InChI is InChI=1S/C25H29N3O/c1-26-14-16-28(17-15-26)24-8-5-9-25-23(24)18-22(19-29-25)27-12-10-21(11-13-27)20-6-3-2-4-7-20/h2-12,22H,13-19H2,1H3/t22-/m0/s1. The summed E-state index contributed by atoms with van der Waals surface area (Å²) in [5.74, 6) is 1.07. The van der Waals surface area contributed by atoms with E-state index in [4.69, 9.17) is 4.74 Å². The highest BCUT2D eigenvalue weighted by Crippen LogP contribution is 2.35. The molecule has 1 atom stereocenters. The van der Waals surface area contributed by atoms with Gasteiger partial charge < -0.3 is 19.4 Å².